The van der Waals surface area contributed by atoms with Gasteiger partial charge in [-0.15, -0.1) is 11.8 Å². The molecule has 0 N–H and O–H groups in total. The van der Waals surface area contributed by atoms with E-state index in [0.29, 0.717) is 0 Å². The predicted octanol–water partition coefficient (Wildman–Crippen LogP) is 2.25. The fraction of sp³-hybridized carbons (Fsp3) is 0.400. The summed E-state index contributed by atoms with van der Waals surface area (Å²) in [6, 6.07) is 0. The van der Waals surface area contributed by atoms with Crippen LogP contribution in [0.3, 0.4) is 0 Å². The van der Waals surface area contributed by atoms with Crippen molar-refractivity contribution in [1.82, 2.24) is 0 Å². The third-order valence-electron chi connectivity index (χ3n) is 0.453. The van der Waals surface area contributed by atoms with E-state index in [1.54, 1.807) is 17.8 Å². The molecule has 0 heterocycles. The molecule has 40 valence electrons. The van der Waals surface area contributed by atoms with Crippen molar-refractivity contribution >= 4 is 28.2 Å². The predicted molar refractivity (Wildman–Crippen MR) is 40.9 cm³/mol. The zero-order valence-electron chi connectivity index (χ0n) is 4.31. The van der Waals surface area contributed by atoms with Gasteiger partial charge in [-0.2, -0.15) is 0 Å². The highest BCUT2D eigenvalue weighted by Crippen LogP contribution is 2.02. The number of hydrogen-bond donors (Lipinski definition) is 0. The molecule has 0 aromatic rings. The Balaban J connectivity index is 3.17. The summed E-state index contributed by atoms with van der Waals surface area (Å²) < 4.78 is 0.891. The van der Waals surface area contributed by atoms with Crippen LogP contribution >= 0.6 is 24.0 Å². The lowest BCUT2D eigenvalue weighted by Gasteiger charge is -1.87. The smallest absolute Gasteiger partial charge is 0.0699 e. The Bertz CT molecular complexity index is 76.1. The van der Waals surface area contributed by atoms with Crippen LogP contribution in [0.2, 0.25) is 0 Å². The van der Waals surface area contributed by atoms with Gasteiger partial charge >= 0.3 is 0 Å². The molecule has 0 nitrogen and oxygen atoms in total. The molecule has 0 atom stereocenters. The van der Waals surface area contributed by atoms with Crippen LogP contribution in [0.4, 0.5) is 0 Å². The SMILES string of the molecule is C=CC(=S)SCC. The lowest BCUT2D eigenvalue weighted by molar-refractivity contribution is 1.54. The van der Waals surface area contributed by atoms with Crippen LogP contribution < -0.4 is 0 Å². The average Bonchev–Trinajstić information content (AvgIpc) is 1.68. The van der Waals surface area contributed by atoms with Crippen LogP contribution in [0.1, 0.15) is 6.92 Å². The maximum atomic E-state index is 4.80. The molecule has 0 radical (unpaired) electrons. The van der Waals surface area contributed by atoms with Gasteiger partial charge in [0.2, 0.25) is 0 Å². The van der Waals surface area contributed by atoms with Crippen LogP contribution in [-0.4, -0.2) is 9.95 Å². The summed E-state index contributed by atoms with van der Waals surface area (Å²) in [5.74, 6) is 1.05. The third kappa shape index (κ3) is 4.02. The van der Waals surface area contributed by atoms with Crippen LogP contribution in [-0.2, 0) is 0 Å². The average molecular weight is 132 g/mol. The van der Waals surface area contributed by atoms with Crippen molar-refractivity contribution in [1.29, 1.82) is 0 Å². The minimum atomic E-state index is 0.891. The molecule has 0 aromatic carbocycles. The molecular formula is C5H8S2. The fourth-order valence-corrected chi connectivity index (χ4v) is 0.957. The molecule has 0 bridgehead atoms. The van der Waals surface area contributed by atoms with Gasteiger partial charge in [-0.1, -0.05) is 25.7 Å². The first kappa shape index (κ1) is 7.18. The maximum Gasteiger partial charge on any atom is 0.0699 e. The van der Waals surface area contributed by atoms with E-state index in [4.69, 9.17) is 12.2 Å². The van der Waals surface area contributed by atoms with Gasteiger partial charge in [-0.25, -0.2) is 0 Å². The summed E-state index contributed by atoms with van der Waals surface area (Å²) in [4.78, 5) is 0. The van der Waals surface area contributed by atoms with Crippen LogP contribution in [0, 0.1) is 0 Å². The zero-order valence-corrected chi connectivity index (χ0v) is 5.94. The Morgan fingerprint density at radius 3 is 2.71 bits per heavy atom. The van der Waals surface area contributed by atoms with Gasteiger partial charge in [-0.3, -0.25) is 0 Å². The molecule has 0 aliphatic rings. The Morgan fingerprint density at radius 2 is 2.57 bits per heavy atom. The first-order valence-electron chi connectivity index (χ1n) is 2.10. The monoisotopic (exact) mass is 132 g/mol. The number of thioether (sulfide) groups is 1. The van der Waals surface area contributed by atoms with Gasteiger partial charge in [0.1, 0.15) is 0 Å². The zero-order chi connectivity index (χ0) is 5.70. The van der Waals surface area contributed by atoms with E-state index in [-0.39, 0.29) is 0 Å². The Morgan fingerprint density at radius 1 is 2.00 bits per heavy atom. The Labute approximate surface area is 54.0 Å². The van der Waals surface area contributed by atoms with Gasteiger partial charge in [0.25, 0.3) is 0 Å². The molecule has 0 aliphatic carbocycles. The molecule has 0 spiro atoms. The lowest BCUT2D eigenvalue weighted by atomic mass is 10.8. The van der Waals surface area contributed by atoms with E-state index in [9.17, 15) is 0 Å². The van der Waals surface area contributed by atoms with Crippen LogP contribution in [0.5, 0.6) is 0 Å². The van der Waals surface area contributed by atoms with Gasteiger partial charge in [-0.05, 0) is 11.8 Å². The summed E-state index contributed by atoms with van der Waals surface area (Å²) in [5, 5.41) is 0. The van der Waals surface area contributed by atoms with E-state index in [1.165, 1.54) is 0 Å². The summed E-state index contributed by atoms with van der Waals surface area (Å²) >= 11 is 6.44. The molecule has 0 aliphatic heterocycles. The van der Waals surface area contributed by atoms with Crippen molar-refractivity contribution in [3.63, 3.8) is 0 Å². The molecule has 2 heteroatoms. The van der Waals surface area contributed by atoms with Crippen molar-refractivity contribution in [3.05, 3.63) is 12.7 Å². The van der Waals surface area contributed by atoms with E-state index in [2.05, 4.69) is 13.5 Å². The summed E-state index contributed by atoms with van der Waals surface area (Å²) in [5.41, 5.74) is 0. The van der Waals surface area contributed by atoms with Crippen molar-refractivity contribution in [2.45, 2.75) is 6.92 Å². The Kier molecular flexibility index (Phi) is 4.45. The second kappa shape index (κ2) is 4.34. The highest BCUT2D eigenvalue weighted by molar-refractivity contribution is 8.23. The number of rotatable bonds is 2. The van der Waals surface area contributed by atoms with Crippen molar-refractivity contribution in [2.75, 3.05) is 5.75 Å². The quantitative estimate of drug-likeness (QED) is 0.417. The fourth-order valence-electron chi connectivity index (χ4n) is 0.201. The van der Waals surface area contributed by atoms with Gasteiger partial charge in [0.15, 0.2) is 0 Å². The first-order chi connectivity index (χ1) is 3.31. The normalized spacial score (nSPS) is 8.14. The van der Waals surface area contributed by atoms with E-state index < -0.39 is 0 Å². The second-order valence-corrected chi connectivity index (χ2v) is 2.96. The third-order valence-corrected chi connectivity index (χ3v) is 1.71. The summed E-state index contributed by atoms with van der Waals surface area (Å²) in [6.07, 6.45) is 1.70. The van der Waals surface area contributed by atoms with Crippen molar-refractivity contribution in [3.8, 4) is 0 Å². The highest BCUT2D eigenvalue weighted by atomic mass is 32.2. The molecule has 0 saturated heterocycles. The van der Waals surface area contributed by atoms with E-state index >= 15 is 0 Å². The second-order valence-electron chi connectivity index (χ2n) is 0.956. The van der Waals surface area contributed by atoms with Crippen molar-refractivity contribution in [2.24, 2.45) is 0 Å². The molecular weight excluding hydrogens is 124 g/mol. The minimum Gasteiger partial charge on any atom is -0.115 e. The standard InChI is InChI=1S/C5H8S2/c1-3-5(6)7-4-2/h3H,1,4H2,2H3. The van der Waals surface area contributed by atoms with Crippen LogP contribution in [0.15, 0.2) is 12.7 Å². The highest BCUT2D eigenvalue weighted by Gasteiger charge is 1.82. The van der Waals surface area contributed by atoms with E-state index in [0.717, 1.165) is 9.95 Å². The molecule has 0 unspecified atom stereocenters. The summed E-state index contributed by atoms with van der Waals surface area (Å²) in [6.45, 7) is 5.59. The Hall–Kier alpha value is 0.180. The molecule has 0 rings (SSSR count). The molecule has 0 fully saturated rings. The maximum absolute atomic E-state index is 4.80. The molecule has 0 aromatic heterocycles. The number of hydrogen-bond acceptors (Lipinski definition) is 2. The molecule has 0 amide bonds. The minimum absolute atomic E-state index is 0.891. The number of thiocarbonyl (C=S) groups is 1. The largest absolute Gasteiger partial charge is 0.115 e. The van der Waals surface area contributed by atoms with Gasteiger partial charge in [0, 0.05) is 0 Å². The summed E-state index contributed by atoms with van der Waals surface area (Å²) in [7, 11) is 0. The lowest BCUT2D eigenvalue weighted by Crippen LogP contribution is -1.77. The van der Waals surface area contributed by atoms with Gasteiger partial charge in [0.05, 0.1) is 4.20 Å². The van der Waals surface area contributed by atoms with Crippen molar-refractivity contribution < 1.29 is 0 Å². The van der Waals surface area contributed by atoms with E-state index in [1.807, 2.05) is 0 Å². The van der Waals surface area contributed by atoms with Gasteiger partial charge < -0.3 is 0 Å². The first-order valence-corrected chi connectivity index (χ1v) is 3.49. The van der Waals surface area contributed by atoms with Crippen LogP contribution in [0.25, 0.3) is 0 Å². The topological polar surface area (TPSA) is 0 Å². The molecule has 0 saturated carbocycles. The molecule has 7 heavy (non-hydrogen) atoms.